The van der Waals surface area contributed by atoms with E-state index in [0.717, 1.165) is 6.42 Å². The van der Waals surface area contributed by atoms with Crippen molar-refractivity contribution in [2.45, 2.75) is 26.2 Å². The first kappa shape index (κ1) is 10.5. The summed E-state index contributed by atoms with van der Waals surface area (Å²) in [4.78, 5) is 8.84. The lowest BCUT2D eigenvalue weighted by molar-refractivity contribution is 0.513. The molecule has 0 aliphatic carbocycles. The van der Waals surface area contributed by atoms with Gasteiger partial charge in [-0.25, -0.2) is 0 Å². The van der Waals surface area contributed by atoms with Crippen LogP contribution in [0.3, 0.4) is 0 Å². The molecule has 0 amide bonds. The normalized spacial score (nSPS) is 12.8. The smallest absolute Gasteiger partial charge is 0.218 e. The van der Waals surface area contributed by atoms with Gasteiger partial charge in [-0.2, -0.15) is 0 Å². The summed E-state index contributed by atoms with van der Waals surface area (Å²) in [6.07, 6.45) is 3.41. The summed E-state index contributed by atoms with van der Waals surface area (Å²) in [6, 6.07) is 7.35. The molecule has 0 spiro atoms. The Hall–Kier alpha value is -0.590. The van der Waals surface area contributed by atoms with Gasteiger partial charge in [0.25, 0.3) is 0 Å². The molecule has 1 aromatic carbocycles. The lowest BCUT2D eigenvalue weighted by Gasteiger charge is -2.00. The number of rotatable bonds is 4. The third-order valence-corrected chi connectivity index (χ3v) is 2.85. The highest BCUT2D eigenvalue weighted by atomic mass is 31.1. The van der Waals surface area contributed by atoms with Gasteiger partial charge in [0, 0.05) is 5.30 Å². The summed E-state index contributed by atoms with van der Waals surface area (Å²) in [5.41, 5.74) is 1.24. The molecule has 1 aromatic rings. The molecule has 1 atom stereocenters. The molecule has 0 aromatic heterocycles. The van der Waals surface area contributed by atoms with E-state index in [0.29, 0.717) is 5.30 Å². The SMILES string of the molecule is CCCCc1ccc([PH](=O)O)cc1. The van der Waals surface area contributed by atoms with E-state index in [2.05, 4.69) is 6.92 Å². The van der Waals surface area contributed by atoms with Gasteiger partial charge in [-0.1, -0.05) is 25.5 Å². The number of aryl methyl sites for hydroxylation is 1. The van der Waals surface area contributed by atoms with E-state index in [4.69, 9.17) is 4.89 Å². The fourth-order valence-corrected chi connectivity index (χ4v) is 1.65. The zero-order chi connectivity index (χ0) is 9.68. The van der Waals surface area contributed by atoms with Crippen LogP contribution in [0.5, 0.6) is 0 Å². The van der Waals surface area contributed by atoms with E-state index in [1.165, 1.54) is 18.4 Å². The van der Waals surface area contributed by atoms with Gasteiger partial charge in [-0.3, -0.25) is 4.57 Å². The van der Waals surface area contributed by atoms with Crippen molar-refractivity contribution in [1.82, 2.24) is 0 Å². The van der Waals surface area contributed by atoms with Crippen LogP contribution in [0.4, 0.5) is 0 Å². The molecule has 1 rings (SSSR count). The molecule has 2 nitrogen and oxygen atoms in total. The molecule has 72 valence electrons. The number of unbranched alkanes of at least 4 members (excludes halogenated alkanes) is 1. The zero-order valence-electron chi connectivity index (χ0n) is 7.79. The molecule has 0 heterocycles. The van der Waals surface area contributed by atoms with Crippen LogP contribution in [0.15, 0.2) is 24.3 Å². The van der Waals surface area contributed by atoms with Gasteiger partial charge in [0.05, 0.1) is 0 Å². The molecule has 0 fully saturated rings. The van der Waals surface area contributed by atoms with Gasteiger partial charge in [0.1, 0.15) is 0 Å². The standard InChI is InChI=1S/C10H15O2P/c1-2-3-4-9-5-7-10(8-6-9)13(11)12/h5-8,13H,2-4H2,1H3,(H,11,12). The van der Waals surface area contributed by atoms with E-state index in [-0.39, 0.29) is 0 Å². The van der Waals surface area contributed by atoms with Crippen LogP contribution in [-0.2, 0) is 11.0 Å². The van der Waals surface area contributed by atoms with Crippen molar-refractivity contribution in [2.24, 2.45) is 0 Å². The van der Waals surface area contributed by atoms with E-state index in [9.17, 15) is 4.57 Å². The van der Waals surface area contributed by atoms with Gasteiger partial charge in [-0.15, -0.1) is 0 Å². The molecule has 1 N–H and O–H groups in total. The summed E-state index contributed by atoms with van der Waals surface area (Å²) >= 11 is 0. The van der Waals surface area contributed by atoms with Crippen molar-refractivity contribution in [2.75, 3.05) is 0 Å². The number of hydrogen-bond donors (Lipinski definition) is 1. The molecule has 3 heteroatoms. The van der Waals surface area contributed by atoms with Crippen molar-refractivity contribution in [3.05, 3.63) is 29.8 Å². The Kier molecular flexibility index (Phi) is 4.20. The van der Waals surface area contributed by atoms with E-state index >= 15 is 0 Å². The van der Waals surface area contributed by atoms with Crippen molar-refractivity contribution >= 4 is 13.3 Å². The number of benzene rings is 1. The molecule has 0 aliphatic rings. The van der Waals surface area contributed by atoms with Crippen LogP contribution < -0.4 is 5.30 Å². The predicted molar refractivity (Wildman–Crippen MR) is 55.9 cm³/mol. The maximum absolute atomic E-state index is 10.7. The number of hydrogen-bond acceptors (Lipinski definition) is 1. The van der Waals surface area contributed by atoms with Crippen molar-refractivity contribution in [3.63, 3.8) is 0 Å². The summed E-state index contributed by atoms with van der Waals surface area (Å²) < 4.78 is 10.7. The van der Waals surface area contributed by atoms with Gasteiger partial charge < -0.3 is 4.89 Å². The van der Waals surface area contributed by atoms with Crippen LogP contribution in [0.2, 0.25) is 0 Å². The molecule has 1 unspecified atom stereocenters. The molecule has 0 aliphatic heterocycles. The summed E-state index contributed by atoms with van der Waals surface area (Å²) in [5.74, 6) is 0. The second kappa shape index (κ2) is 5.21. The Labute approximate surface area is 79.5 Å². The molecular weight excluding hydrogens is 183 g/mol. The molecule has 0 bridgehead atoms. The Balaban J connectivity index is 2.64. The van der Waals surface area contributed by atoms with Crippen LogP contribution in [0.1, 0.15) is 25.3 Å². The minimum Gasteiger partial charge on any atom is -0.343 e. The van der Waals surface area contributed by atoms with Gasteiger partial charge in [0.2, 0.25) is 8.03 Å². The summed E-state index contributed by atoms with van der Waals surface area (Å²) in [7, 11) is -2.50. The molecule has 13 heavy (non-hydrogen) atoms. The highest BCUT2D eigenvalue weighted by molar-refractivity contribution is 7.47. The third-order valence-electron chi connectivity index (χ3n) is 2.02. The summed E-state index contributed by atoms with van der Waals surface area (Å²) in [5, 5.41) is 0.547. The largest absolute Gasteiger partial charge is 0.343 e. The first-order chi connectivity index (χ1) is 6.24. The Morgan fingerprint density at radius 2 is 1.92 bits per heavy atom. The lowest BCUT2D eigenvalue weighted by atomic mass is 10.1. The summed E-state index contributed by atoms with van der Waals surface area (Å²) in [6.45, 7) is 2.15. The highest BCUT2D eigenvalue weighted by Crippen LogP contribution is 2.13. The maximum Gasteiger partial charge on any atom is 0.218 e. The quantitative estimate of drug-likeness (QED) is 0.752. The Morgan fingerprint density at radius 3 is 2.38 bits per heavy atom. The van der Waals surface area contributed by atoms with E-state index in [1.807, 2.05) is 12.1 Å². The minimum atomic E-state index is -2.50. The second-order valence-electron chi connectivity index (χ2n) is 3.11. The van der Waals surface area contributed by atoms with Crippen molar-refractivity contribution < 1.29 is 9.46 Å². The highest BCUT2D eigenvalue weighted by Gasteiger charge is 1.98. The predicted octanol–water partition coefficient (Wildman–Crippen LogP) is 2.12. The maximum atomic E-state index is 10.7. The third kappa shape index (κ3) is 3.33. The van der Waals surface area contributed by atoms with Crippen molar-refractivity contribution in [1.29, 1.82) is 0 Å². The average molecular weight is 198 g/mol. The van der Waals surface area contributed by atoms with Gasteiger partial charge in [0.15, 0.2) is 0 Å². The van der Waals surface area contributed by atoms with Gasteiger partial charge in [-0.05, 0) is 30.5 Å². The van der Waals surface area contributed by atoms with Crippen LogP contribution in [0.25, 0.3) is 0 Å². The topological polar surface area (TPSA) is 37.3 Å². The fourth-order valence-electron chi connectivity index (χ4n) is 1.19. The monoisotopic (exact) mass is 198 g/mol. The van der Waals surface area contributed by atoms with E-state index in [1.54, 1.807) is 12.1 Å². The molecule has 0 saturated carbocycles. The van der Waals surface area contributed by atoms with Crippen LogP contribution in [0, 0.1) is 0 Å². The zero-order valence-corrected chi connectivity index (χ0v) is 8.79. The Bertz CT molecular complexity index is 279. The lowest BCUT2D eigenvalue weighted by Crippen LogP contribution is -1.95. The first-order valence-corrected chi connectivity index (χ1v) is 5.92. The average Bonchev–Trinajstić information content (AvgIpc) is 2.15. The first-order valence-electron chi connectivity index (χ1n) is 4.56. The van der Waals surface area contributed by atoms with Crippen LogP contribution in [-0.4, -0.2) is 4.89 Å². The Morgan fingerprint density at radius 1 is 1.31 bits per heavy atom. The van der Waals surface area contributed by atoms with Crippen molar-refractivity contribution in [3.8, 4) is 0 Å². The fraction of sp³-hybridized carbons (Fsp3) is 0.400. The second-order valence-corrected chi connectivity index (χ2v) is 4.29. The minimum absolute atomic E-state index is 0.547. The van der Waals surface area contributed by atoms with Gasteiger partial charge >= 0.3 is 0 Å². The molecule has 0 saturated heterocycles. The molecule has 0 radical (unpaired) electrons. The van der Waals surface area contributed by atoms with E-state index < -0.39 is 8.03 Å². The molecular formula is C10H15O2P. The van der Waals surface area contributed by atoms with Crippen LogP contribution >= 0.6 is 8.03 Å².